The molecule has 1 saturated heterocycles. The molecule has 0 spiro atoms. The second-order valence-corrected chi connectivity index (χ2v) is 11.1. The zero-order valence-corrected chi connectivity index (χ0v) is 22.6. The van der Waals surface area contributed by atoms with Gasteiger partial charge in [0.05, 0.1) is 17.1 Å². The van der Waals surface area contributed by atoms with Crippen LogP contribution in [0.5, 0.6) is 0 Å². The predicted octanol–water partition coefficient (Wildman–Crippen LogP) is 7.47. The highest BCUT2D eigenvalue weighted by molar-refractivity contribution is 8.04. The summed E-state index contributed by atoms with van der Waals surface area (Å²) in [5.41, 5.74) is 3.52. The SMILES string of the molecule is CCN1CCCC1CCC(=O)c1ccc(/C=C2/Sc3ccccc3N(Cc3cccc(Cl)c3)C2=O)cc1. The number of para-hydroxylation sites is 1. The molecule has 5 rings (SSSR count). The number of anilines is 1. The molecule has 2 heterocycles. The van der Waals surface area contributed by atoms with Crippen molar-refractivity contribution >= 4 is 46.8 Å². The number of hydrogen-bond donors (Lipinski definition) is 0. The topological polar surface area (TPSA) is 40.6 Å². The number of Topliss-reactive ketones (excluding diaryl/α,β-unsaturated/α-hetero) is 1. The molecule has 3 aromatic rings. The summed E-state index contributed by atoms with van der Waals surface area (Å²) in [6.07, 6.45) is 5.83. The van der Waals surface area contributed by atoms with E-state index < -0.39 is 0 Å². The zero-order valence-electron chi connectivity index (χ0n) is 21.0. The van der Waals surface area contributed by atoms with Crippen LogP contribution in [0.2, 0.25) is 5.02 Å². The number of nitrogens with zero attached hydrogens (tertiary/aromatic N) is 2. The van der Waals surface area contributed by atoms with E-state index in [-0.39, 0.29) is 11.7 Å². The fourth-order valence-corrected chi connectivity index (χ4v) is 6.51. The van der Waals surface area contributed by atoms with E-state index >= 15 is 0 Å². The van der Waals surface area contributed by atoms with Gasteiger partial charge in [-0.25, -0.2) is 0 Å². The van der Waals surface area contributed by atoms with Crippen molar-refractivity contribution in [2.75, 3.05) is 18.0 Å². The summed E-state index contributed by atoms with van der Waals surface area (Å²) < 4.78 is 0. The number of benzene rings is 3. The molecule has 0 bridgehead atoms. The maximum Gasteiger partial charge on any atom is 0.265 e. The van der Waals surface area contributed by atoms with Gasteiger partial charge in [0.25, 0.3) is 5.91 Å². The second-order valence-electron chi connectivity index (χ2n) is 9.61. The number of carbonyl (C=O) groups excluding carboxylic acids is 2. The summed E-state index contributed by atoms with van der Waals surface area (Å²) in [6.45, 7) is 4.84. The number of ketones is 1. The van der Waals surface area contributed by atoms with Gasteiger partial charge < -0.3 is 9.80 Å². The van der Waals surface area contributed by atoms with Crippen molar-refractivity contribution in [2.24, 2.45) is 0 Å². The van der Waals surface area contributed by atoms with Gasteiger partial charge in [-0.3, -0.25) is 9.59 Å². The van der Waals surface area contributed by atoms with E-state index in [1.54, 1.807) is 0 Å². The molecule has 0 aliphatic carbocycles. The highest BCUT2D eigenvalue weighted by atomic mass is 35.5. The van der Waals surface area contributed by atoms with Gasteiger partial charge in [-0.05, 0) is 73.8 Å². The third-order valence-corrected chi connectivity index (χ3v) is 8.51. The van der Waals surface area contributed by atoms with Crippen LogP contribution in [0.4, 0.5) is 5.69 Å². The number of halogens is 1. The van der Waals surface area contributed by atoms with Crippen LogP contribution >= 0.6 is 23.4 Å². The molecular weight excluding hydrogens is 500 g/mol. The first kappa shape index (κ1) is 25.8. The average Bonchev–Trinajstić information content (AvgIpc) is 3.38. The van der Waals surface area contributed by atoms with Gasteiger partial charge >= 0.3 is 0 Å². The largest absolute Gasteiger partial charge is 0.302 e. The Morgan fingerprint density at radius 3 is 2.68 bits per heavy atom. The molecule has 3 aromatic carbocycles. The summed E-state index contributed by atoms with van der Waals surface area (Å²) in [5.74, 6) is 0.146. The zero-order chi connectivity index (χ0) is 25.8. The lowest BCUT2D eigenvalue weighted by Crippen LogP contribution is -2.33. The number of rotatable bonds is 8. The Morgan fingerprint density at radius 2 is 1.89 bits per heavy atom. The smallest absolute Gasteiger partial charge is 0.265 e. The molecule has 1 amide bonds. The molecule has 6 heteroatoms. The summed E-state index contributed by atoms with van der Waals surface area (Å²) in [4.78, 5) is 32.4. The molecule has 2 aliphatic rings. The fourth-order valence-electron chi connectivity index (χ4n) is 5.23. The molecule has 1 fully saturated rings. The molecule has 2 aliphatic heterocycles. The number of hydrogen-bond acceptors (Lipinski definition) is 4. The Kier molecular flexibility index (Phi) is 8.14. The van der Waals surface area contributed by atoms with Crippen molar-refractivity contribution in [2.45, 2.75) is 50.1 Å². The number of likely N-dealkylation sites (tertiary alicyclic amines) is 1. The Labute approximate surface area is 228 Å². The molecular formula is C31H31ClN2O2S. The Balaban J connectivity index is 1.31. The third kappa shape index (κ3) is 6.01. The Bertz CT molecular complexity index is 1320. The summed E-state index contributed by atoms with van der Waals surface area (Å²) in [6, 6.07) is 23.7. The lowest BCUT2D eigenvalue weighted by Gasteiger charge is -2.30. The van der Waals surface area contributed by atoms with Gasteiger partial charge in [0.15, 0.2) is 5.78 Å². The van der Waals surface area contributed by atoms with E-state index in [2.05, 4.69) is 11.8 Å². The molecule has 190 valence electrons. The number of carbonyl (C=O) groups is 2. The van der Waals surface area contributed by atoms with Gasteiger partial charge in [0.2, 0.25) is 0 Å². The lowest BCUT2D eigenvalue weighted by molar-refractivity contribution is -0.114. The second kappa shape index (κ2) is 11.7. The van der Waals surface area contributed by atoms with Crippen LogP contribution in [-0.4, -0.2) is 35.7 Å². The molecule has 1 atom stereocenters. The minimum atomic E-state index is -0.0409. The van der Waals surface area contributed by atoms with Gasteiger partial charge in [0, 0.05) is 27.9 Å². The molecule has 0 aromatic heterocycles. The van der Waals surface area contributed by atoms with E-state index in [1.165, 1.54) is 24.6 Å². The third-order valence-electron chi connectivity index (χ3n) is 7.20. The first-order valence-electron chi connectivity index (χ1n) is 12.9. The van der Waals surface area contributed by atoms with E-state index in [9.17, 15) is 9.59 Å². The van der Waals surface area contributed by atoms with E-state index in [4.69, 9.17) is 11.6 Å². The van der Waals surface area contributed by atoms with Crippen LogP contribution in [0.1, 0.15) is 54.1 Å². The van der Waals surface area contributed by atoms with Crippen LogP contribution in [0.3, 0.4) is 0 Å². The first-order chi connectivity index (χ1) is 18.0. The summed E-state index contributed by atoms with van der Waals surface area (Å²) in [5, 5.41) is 0.654. The minimum absolute atomic E-state index is 0.0409. The molecule has 0 N–H and O–H groups in total. The van der Waals surface area contributed by atoms with E-state index in [0.29, 0.717) is 28.9 Å². The number of amides is 1. The van der Waals surface area contributed by atoms with Crippen LogP contribution in [0, 0.1) is 0 Å². The van der Waals surface area contributed by atoms with Gasteiger partial charge in [-0.2, -0.15) is 0 Å². The molecule has 0 radical (unpaired) electrons. The highest BCUT2D eigenvalue weighted by Crippen LogP contribution is 2.42. The highest BCUT2D eigenvalue weighted by Gasteiger charge is 2.29. The number of fused-ring (bicyclic) bond motifs is 1. The van der Waals surface area contributed by atoms with Gasteiger partial charge in [-0.1, -0.05) is 78.8 Å². The van der Waals surface area contributed by atoms with Gasteiger partial charge in [-0.15, -0.1) is 0 Å². The molecule has 0 saturated carbocycles. The van der Waals surface area contributed by atoms with Gasteiger partial charge in [0.1, 0.15) is 0 Å². The van der Waals surface area contributed by atoms with Crippen molar-refractivity contribution in [3.8, 4) is 0 Å². The van der Waals surface area contributed by atoms with Crippen LogP contribution in [-0.2, 0) is 11.3 Å². The molecule has 37 heavy (non-hydrogen) atoms. The van der Waals surface area contributed by atoms with Crippen molar-refractivity contribution in [3.05, 3.63) is 99.4 Å². The summed E-state index contributed by atoms with van der Waals surface area (Å²) >= 11 is 7.68. The first-order valence-corrected chi connectivity index (χ1v) is 14.1. The van der Waals surface area contributed by atoms with Crippen LogP contribution < -0.4 is 4.90 Å². The van der Waals surface area contributed by atoms with Crippen molar-refractivity contribution in [1.29, 1.82) is 0 Å². The Morgan fingerprint density at radius 1 is 1.08 bits per heavy atom. The predicted molar refractivity (Wildman–Crippen MR) is 153 cm³/mol. The van der Waals surface area contributed by atoms with Crippen LogP contribution in [0.15, 0.2) is 82.6 Å². The maximum atomic E-state index is 13.6. The average molecular weight is 531 g/mol. The van der Waals surface area contributed by atoms with Crippen molar-refractivity contribution in [3.63, 3.8) is 0 Å². The maximum absolute atomic E-state index is 13.6. The molecule has 4 nitrogen and oxygen atoms in total. The van der Waals surface area contributed by atoms with E-state index in [1.807, 2.05) is 83.8 Å². The quantitative estimate of drug-likeness (QED) is 0.224. The van der Waals surface area contributed by atoms with Crippen molar-refractivity contribution < 1.29 is 9.59 Å². The lowest BCUT2D eigenvalue weighted by atomic mass is 10.0. The monoisotopic (exact) mass is 530 g/mol. The minimum Gasteiger partial charge on any atom is -0.302 e. The van der Waals surface area contributed by atoms with Crippen LogP contribution in [0.25, 0.3) is 6.08 Å². The normalized spacial score (nSPS) is 18.9. The summed E-state index contributed by atoms with van der Waals surface area (Å²) in [7, 11) is 0. The number of thioether (sulfide) groups is 1. The fraction of sp³-hybridized carbons (Fsp3) is 0.290. The molecule has 1 unspecified atom stereocenters. The van der Waals surface area contributed by atoms with E-state index in [0.717, 1.165) is 46.8 Å². The standard InChI is InChI=1S/C31H31ClN2O2S/c1-2-33-18-6-9-26(33)16-17-28(35)24-14-12-22(13-15-24)20-30-31(36)34(21-23-7-5-8-25(32)19-23)27-10-3-4-11-29(27)37-30/h3-5,7-8,10-15,19-20,26H,2,6,9,16-18,21H2,1H3/b30-20+. The van der Waals surface area contributed by atoms with Crippen molar-refractivity contribution in [1.82, 2.24) is 4.90 Å². The Hall–Kier alpha value is -2.86.